The fraction of sp³-hybridized carbons (Fsp3) is 0.333. The van der Waals surface area contributed by atoms with Gasteiger partial charge in [0.2, 0.25) is 0 Å². The van der Waals surface area contributed by atoms with Crippen LogP contribution in [0.2, 0.25) is 0 Å². The highest BCUT2D eigenvalue weighted by Gasteiger charge is 2.06. The second kappa shape index (κ2) is 5.02. The molecule has 0 fully saturated rings. The molecule has 2 rings (SSSR count). The number of aryl methyl sites for hydroxylation is 1. The summed E-state index contributed by atoms with van der Waals surface area (Å²) in [6.07, 6.45) is 3.53. The molecule has 0 bridgehead atoms. The van der Waals surface area contributed by atoms with Crippen molar-refractivity contribution in [2.24, 2.45) is 0 Å². The van der Waals surface area contributed by atoms with Crippen LogP contribution in [0.3, 0.4) is 0 Å². The topological polar surface area (TPSA) is 9.23 Å². The third-order valence-corrected chi connectivity index (χ3v) is 3.00. The highest BCUT2D eigenvalue weighted by molar-refractivity contribution is 5.87. The molecule has 1 heteroatoms. The maximum absolute atomic E-state index is 5.45. The summed E-state index contributed by atoms with van der Waals surface area (Å²) < 4.78 is 5.45. The van der Waals surface area contributed by atoms with Crippen molar-refractivity contribution in [3.63, 3.8) is 0 Å². The van der Waals surface area contributed by atoms with E-state index in [1.54, 1.807) is 7.11 Å². The van der Waals surface area contributed by atoms with Crippen LogP contribution in [0, 0.1) is 0 Å². The van der Waals surface area contributed by atoms with E-state index in [1.807, 2.05) is 0 Å². The fourth-order valence-corrected chi connectivity index (χ4v) is 2.12. The van der Waals surface area contributed by atoms with Gasteiger partial charge in [0.1, 0.15) is 5.75 Å². The van der Waals surface area contributed by atoms with Crippen LogP contribution in [0.15, 0.2) is 36.4 Å². The molecule has 0 atom stereocenters. The minimum absolute atomic E-state index is 1.02. The largest absolute Gasteiger partial charge is 0.496 e. The molecular formula is C15H18O. The van der Waals surface area contributed by atoms with Crippen molar-refractivity contribution in [3.05, 3.63) is 42.0 Å². The molecule has 2 aromatic carbocycles. The van der Waals surface area contributed by atoms with Gasteiger partial charge in [-0.1, -0.05) is 43.7 Å². The van der Waals surface area contributed by atoms with Crippen molar-refractivity contribution in [1.82, 2.24) is 0 Å². The second-order valence-corrected chi connectivity index (χ2v) is 4.07. The molecule has 0 saturated carbocycles. The first kappa shape index (κ1) is 11.0. The van der Waals surface area contributed by atoms with Crippen LogP contribution in [0.25, 0.3) is 10.8 Å². The zero-order valence-corrected chi connectivity index (χ0v) is 9.99. The Balaban J connectivity index is 2.54. The van der Waals surface area contributed by atoms with Crippen molar-refractivity contribution in [2.75, 3.05) is 7.11 Å². The lowest BCUT2D eigenvalue weighted by atomic mass is 9.99. The van der Waals surface area contributed by atoms with Gasteiger partial charge in [-0.3, -0.25) is 0 Å². The predicted molar refractivity (Wildman–Crippen MR) is 69.1 cm³/mol. The lowest BCUT2D eigenvalue weighted by Crippen LogP contribution is -1.93. The van der Waals surface area contributed by atoms with Crippen LogP contribution >= 0.6 is 0 Å². The van der Waals surface area contributed by atoms with Gasteiger partial charge >= 0.3 is 0 Å². The molecule has 0 aromatic heterocycles. The third-order valence-electron chi connectivity index (χ3n) is 3.00. The average Bonchev–Trinajstić information content (AvgIpc) is 2.35. The van der Waals surface area contributed by atoms with Gasteiger partial charge in [0.25, 0.3) is 0 Å². The summed E-state index contributed by atoms with van der Waals surface area (Å²) in [4.78, 5) is 0. The van der Waals surface area contributed by atoms with E-state index >= 15 is 0 Å². The van der Waals surface area contributed by atoms with Crippen molar-refractivity contribution in [1.29, 1.82) is 0 Å². The van der Waals surface area contributed by atoms with E-state index in [1.165, 1.54) is 29.2 Å². The molecule has 0 amide bonds. The Morgan fingerprint density at radius 2 is 1.88 bits per heavy atom. The predicted octanol–water partition coefficient (Wildman–Crippen LogP) is 4.19. The number of fused-ring (bicyclic) bond motifs is 1. The number of hydrogen-bond acceptors (Lipinski definition) is 1. The summed E-state index contributed by atoms with van der Waals surface area (Å²) in [5.41, 5.74) is 1.35. The fourth-order valence-electron chi connectivity index (χ4n) is 2.12. The van der Waals surface area contributed by atoms with Gasteiger partial charge in [-0.05, 0) is 29.7 Å². The molecule has 0 heterocycles. The van der Waals surface area contributed by atoms with Crippen molar-refractivity contribution >= 4 is 10.8 Å². The third kappa shape index (κ3) is 2.04. The Morgan fingerprint density at radius 1 is 1.06 bits per heavy atom. The number of rotatable bonds is 4. The maximum atomic E-state index is 5.45. The first-order valence-corrected chi connectivity index (χ1v) is 5.91. The molecular weight excluding hydrogens is 196 g/mol. The van der Waals surface area contributed by atoms with E-state index in [0.717, 1.165) is 12.2 Å². The molecule has 0 aliphatic heterocycles. The average molecular weight is 214 g/mol. The first-order chi connectivity index (χ1) is 7.86. The van der Waals surface area contributed by atoms with Gasteiger partial charge in [0, 0.05) is 5.56 Å². The highest BCUT2D eigenvalue weighted by atomic mass is 16.5. The molecule has 0 unspecified atom stereocenters. The summed E-state index contributed by atoms with van der Waals surface area (Å²) >= 11 is 0. The lowest BCUT2D eigenvalue weighted by molar-refractivity contribution is 0.410. The van der Waals surface area contributed by atoms with E-state index in [4.69, 9.17) is 4.74 Å². The lowest BCUT2D eigenvalue weighted by Gasteiger charge is -2.11. The SMILES string of the molecule is CCCCc1c(OC)ccc2ccccc12. The molecule has 0 spiro atoms. The van der Waals surface area contributed by atoms with Gasteiger partial charge in [-0.15, -0.1) is 0 Å². The number of methoxy groups -OCH3 is 1. The molecule has 0 radical (unpaired) electrons. The van der Waals surface area contributed by atoms with Gasteiger partial charge in [0.05, 0.1) is 7.11 Å². The molecule has 84 valence electrons. The summed E-state index contributed by atoms with van der Waals surface area (Å²) in [6, 6.07) is 12.7. The molecule has 0 aliphatic rings. The van der Waals surface area contributed by atoms with Crippen LogP contribution in [-0.4, -0.2) is 7.11 Å². The first-order valence-electron chi connectivity index (χ1n) is 5.91. The summed E-state index contributed by atoms with van der Waals surface area (Å²) in [5, 5.41) is 2.63. The number of unbranched alkanes of at least 4 members (excludes halogenated alkanes) is 1. The number of hydrogen-bond donors (Lipinski definition) is 0. The van der Waals surface area contributed by atoms with E-state index in [9.17, 15) is 0 Å². The van der Waals surface area contributed by atoms with Crippen LogP contribution in [0.4, 0.5) is 0 Å². The summed E-state index contributed by atoms with van der Waals surface area (Å²) in [6.45, 7) is 2.22. The van der Waals surface area contributed by atoms with Crippen LogP contribution in [0.1, 0.15) is 25.3 Å². The highest BCUT2D eigenvalue weighted by Crippen LogP contribution is 2.29. The standard InChI is InChI=1S/C15H18O/c1-3-4-8-14-13-9-6-5-7-12(13)10-11-15(14)16-2/h5-7,9-11H,3-4,8H2,1-2H3. The van der Waals surface area contributed by atoms with Crippen molar-refractivity contribution < 1.29 is 4.74 Å². The van der Waals surface area contributed by atoms with Crippen molar-refractivity contribution in [3.8, 4) is 5.75 Å². The van der Waals surface area contributed by atoms with E-state index in [-0.39, 0.29) is 0 Å². The molecule has 0 N–H and O–H groups in total. The summed E-state index contributed by atoms with van der Waals surface area (Å²) in [7, 11) is 1.75. The minimum Gasteiger partial charge on any atom is -0.496 e. The molecule has 0 aliphatic carbocycles. The van der Waals surface area contributed by atoms with Gasteiger partial charge in [-0.25, -0.2) is 0 Å². The van der Waals surface area contributed by atoms with Crippen LogP contribution in [0.5, 0.6) is 5.75 Å². The molecule has 0 saturated heterocycles. The van der Waals surface area contributed by atoms with Crippen LogP contribution < -0.4 is 4.74 Å². The quantitative estimate of drug-likeness (QED) is 0.741. The summed E-state index contributed by atoms with van der Waals surface area (Å²) in [5.74, 6) is 1.02. The molecule has 16 heavy (non-hydrogen) atoms. The molecule has 2 aromatic rings. The monoisotopic (exact) mass is 214 g/mol. The number of benzene rings is 2. The zero-order chi connectivity index (χ0) is 11.4. The van der Waals surface area contributed by atoms with Crippen molar-refractivity contribution in [2.45, 2.75) is 26.2 Å². The Morgan fingerprint density at radius 3 is 2.62 bits per heavy atom. The van der Waals surface area contributed by atoms with Gasteiger partial charge in [-0.2, -0.15) is 0 Å². The zero-order valence-electron chi connectivity index (χ0n) is 9.99. The normalized spacial score (nSPS) is 10.6. The maximum Gasteiger partial charge on any atom is 0.122 e. The number of ether oxygens (including phenoxy) is 1. The van der Waals surface area contributed by atoms with Gasteiger partial charge in [0.15, 0.2) is 0 Å². The molecule has 1 nitrogen and oxygen atoms in total. The Kier molecular flexibility index (Phi) is 3.45. The second-order valence-electron chi connectivity index (χ2n) is 4.07. The van der Waals surface area contributed by atoms with Gasteiger partial charge < -0.3 is 4.74 Å². The Labute approximate surface area is 97.1 Å². The Bertz CT molecular complexity index is 474. The van der Waals surface area contributed by atoms with Crippen LogP contribution in [-0.2, 0) is 6.42 Å². The van der Waals surface area contributed by atoms with E-state index in [0.29, 0.717) is 0 Å². The van der Waals surface area contributed by atoms with E-state index in [2.05, 4.69) is 43.3 Å². The van der Waals surface area contributed by atoms with E-state index < -0.39 is 0 Å². The smallest absolute Gasteiger partial charge is 0.122 e. The Hall–Kier alpha value is -1.50. The minimum atomic E-state index is 1.02.